The highest BCUT2D eigenvalue weighted by Gasteiger charge is 2.03. The molecule has 1 N–H and O–H groups in total. The standard InChI is InChI=1S/C13H17N3O/c1-3-4-13(17)14-7-11-9-16-8-10(2)5-6-12(16)15-11/h5-6,8-9H,3-4,7H2,1-2H3,(H,14,17). The van der Waals surface area contributed by atoms with Crippen LogP contribution < -0.4 is 5.32 Å². The van der Waals surface area contributed by atoms with Crippen molar-refractivity contribution in [3.05, 3.63) is 35.8 Å². The van der Waals surface area contributed by atoms with Crippen LogP contribution in [-0.4, -0.2) is 15.3 Å². The Kier molecular flexibility index (Phi) is 3.42. The molecule has 4 nitrogen and oxygen atoms in total. The van der Waals surface area contributed by atoms with Crippen molar-refractivity contribution in [1.82, 2.24) is 14.7 Å². The van der Waals surface area contributed by atoms with Crippen LogP contribution in [0.3, 0.4) is 0 Å². The molecule has 17 heavy (non-hydrogen) atoms. The number of hydrogen-bond acceptors (Lipinski definition) is 2. The summed E-state index contributed by atoms with van der Waals surface area (Å²) < 4.78 is 1.98. The van der Waals surface area contributed by atoms with E-state index in [-0.39, 0.29) is 5.91 Å². The van der Waals surface area contributed by atoms with Crippen LogP contribution in [0.5, 0.6) is 0 Å². The van der Waals surface area contributed by atoms with Gasteiger partial charge in [-0.1, -0.05) is 13.0 Å². The lowest BCUT2D eigenvalue weighted by molar-refractivity contribution is -0.121. The Morgan fingerprint density at radius 1 is 1.41 bits per heavy atom. The predicted molar refractivity (Wildman–Crippen MR) is 66.7 cm³/mol. The summed E-state index contributed by atoms with van der Waals surface area (Å²) in [5.41, 5.74) is 2.99. The number of rotatable bonds is 4. The molecule has 4 heteroatoms. The molecule has 0 spiro atoms. The third-order valence-corrected chi connectivity index (χ3v) is 2.59. The maximum absolute atomic E-state index is 11.3. The summed E-state index contributed by atoms with van der Waals surface area (Å²) in [4.78, 5) is 15.8. The first-order chi connectivity index (χ1) is 8.19. The molecule has 0 bridgehead atoms. The van der Waals surface area contributed by atoms with Crippen LogP contribution in [-0.2, 0) is 11.3 Å². The number of aromatic nitrogens is 2. The fourth-order valence-corrected chi connectivity index (χ4v) is 1.75. The average Bonchev–Trinajstić information content (AvgIpc) is 2.68. The molecule has 2 aromatic heterocycles. The Bertz CT molecular complexity index is 530. The number of carbonyl (C=O) groups is 1. The van der Waals surface area contributed by atoms with Crippen molar-refractivity contribution in [1.29, 1.82) is 0 Å². The van der Waals surface area contributed by atoms with Gasteiger partial charge < -0.3 is 9.72 Å². The quantitative estimate of drug-likeness (QED) is 0.875. The molecule has 0 aliphatic carbocycles. The normalized spacial score (nSPS) is 10.7. The van der Waals surface area contributed by atoms with Gasteiger partial charge in [-0.25, -0.2) is 4.98 Å². The van der Waals surface area contributed by atoms with Gasteiger partial charge in [0.05, 0.1) is 12.2 Å². The zero-order chi connectivity index (χ0) is 12.3. The minimum absolute atomic E-state index is 0.0840. The van der Waals surface area contributed by atoms with Gasteiger partial charge in [-0.3, -0.25) is 4.79 Å². The fourth-order valence-electron chi connectivity index (χ4n) is 1.75. The Morgan fingerprint density at radius 3 is 3.00 bits per heavy atom. The molecular weight excluding hydrogens is 214 g/mol. The van der Waals surface area contributed by atoms with E-state index >= 15 is 0 Å². The first-order valence-corrected chi connectivity index (χ1v) is 5.90. The van der Waals surface area contributed by atoms with Gasteiger partial charge in [-0.15, -0.1) is 0 Å². The summed E-state index contributed by atoms with van der Waals surface area (Å²) in [6.45, 7) is 4.54. The van der Waals surface area contributed by atoms with Crippen LogP contribution in [0, 0.1) is 6.92 Å². The van der Waals surface area contributed by atoms with Crippen molar-refractivity contribution in [3.63, 3.8) is 0 Å². The van der Waals surface area contributed by atoms with E-state index in [1.165, 1.54) is 5.56 Å². The number of pyridine rings is 1. The second-order valence-electron chi connectivity index (χ2n) is 4.23. The Morgan fingerprint density at radius 2 is 2.24 bits per heavy atom. The van der Waals surface area contributed by atoms with Crippen molar-refractivity contribution in [2.75, 3.05) is 0 Å². The largest absolute Gasteiger partial charge is 0.350 e. The molecule has 2 heterocycles. The van der Waals surface area contributed by atoms with Crippen LogP contribution in [0.4, 0.5) is 0 Å². The van der Waals surface area contributed by atoms with Crippen molar-refractivity contribution in [2.45, 2.75) is 33.2 Å². The summed E-state index contributed by atoms with van der Waals surface area (Å²) in [5, 5.41) is 2.86. The molecule has 0 aliphatic heterocycles. The van der Waals surface area contributed by atoms with Crippen molar-refractivity contribution in [3.8, 4) is 0 Å². The molecule has 0 radical (unpaired) electrons. The Labute approximate surface area is 101 Å². The molecule has 0 fully saturated rings. The van der Waals surface area contributed by atoms with Crippen molar-refractivity contribution in [2.24, 2.45) is 0 Å². The second-order valence-corrected chi connectivity index (χ2v) is 4.23. The highest BCUT2D eigenvalue weighted by Crippen LogP contribution is 2.07. The summed E-state index contributed by atoms with van der Waals surface area (Å²) >= 11 is 0. The second kappa shape index (κ2) is 4.99. The lowest BCUT2D eigenvalue weighted by Gasteiger charge is -2.00. The molecule has 90 valence electrons. The fraction of sp³-hybridized carbons (Fsp3) is 0.385. The highest BCUT2D eigenvalue weighted by atomic mass is 16.1. The Balaban J connectivity index is 2.07. The number of imidazole rings is 1. The number of hydrogen-bond donors (Lipinski definition) is 1. The van der Waals surface area contributed by atoms with Gasteiger partial charge in [0.2, 0.25) is 5.91 Å². The maximum Gasteiger partial charge on any atom is 0.220 e. The summed E-state index contributed by atoms with van der Waals surface area (Å²) in [6, 6.07) is 4.01. The lowest BCUT2D eigenvalue weighted by atomic mass is 10.3. The van der Waals surface area contributed by atoms with E-state index in [9.17, 15) is 4.79 Å². The highest BCUT2D eigenvalue weighted by molar-refractivity contribution is 5.75. The average molecular weight is 231 g/mol. The van der Waals surface area contributed by atoms with Gasteiger partial charge >= 0.3 is 0 Å². The molecule has 0 saturated heterocycles. The zero-order valence-electron chi connectivity index (χ0n) is 10.2. The lowest BCUT2D eigenvalue weighted by Crippen LogP contribution is -2.22. The van der Waals surface area contributed by atoms with Gasteiger partial charge in [-0.2, -0.15) is 0 Å². The third kappa shape index (κ3) is 2.84. The van der Waals surface area contributed by atoms with Crippen LogP contribution in [0.1, 0.15) is 31.0 Å². The monoisotopic (exact) mass is 231 g/mol. The molecule has 0 aliphatic rings. The number of nitrogens with zero attached hydrogens (tertiary/aromatic N) is 2. The van der Waals surface area contributed by atoms with Crippen LogP contribution in [0.25, 0.3) is 5.65 Å². The van der Waals surface area contributed by atoms with E-state index in [0.717, 1.165) is 17.8 Å². The number of amides is 1. The topological polar surface area (TPSA) is 46.4 Å². The molecule has 2 aromatic rings. The van der Waals surface area contributed by atoms with Crippen LogP contribution in [0.2, 0.25) is 0 Å². The van der Waals surface area contributed by atoms with Gasteiger partial charge in [0.15, 0.2) is 0 Å². The molecular formula is C13H17N3O. The molecule has 0 atom stereocenters. The van der Waals surface area contributed by atoms with Gasteiger partial charge in [-0.05, 0) is 25.0 Å². The number of aryl methyl sites for hydroxylation is 1. The van der Waals surface area contributed by atoms with Gasteiger partial charge in [0.1, 0.15) is 5.65 Å². The molecule has 2 rings (SSSR count). The molecule has 0 saturated carbocycles. The zero-order valence-corrected chi connectivity index (χ0v) is 10.2. The Hall–Kier alpha value is -1.84. The van der Waals surface area contributed by atoms with Crippen molar-refractivity contribution < 1.29 is 4.79 Å². The maximum atomic E-state index is 11.3. The SMILES string of the molecule is CCCC(=O)NCc1cn2cc(C)ccc2n1. The van der Waals surface area contributed by atoms with E-state index in [1.807, 2.05) is 42.8 Å². The predicted octanol–water partition coefficient (Wildman–Crippen LogP) is 2.06. The van der Waals surface area contributed by atoms with Gasteiger partial charge in [0, 0.05) is 18.8 Å². The van der Waals surface area contributed by atoms with E-state index in [0.29, 0.717) is 13.0 Å². The van der Waals surface area contributed by atoms with Crippen molar-refractivity contribution >= 4 is 11.6 Å². The third-order valence-electron chi connectivity index (χ3n) is 2.59. The summed E-state index contributed by atoms with van der Waals surface area (Å²) in [5.74, 6) is 0.0840. The first-order valence-electron chi connectivity index (χ1n) is 5.90. The van der Waals surface area contributed by atoms with Crippen LogP contribution in [0.15, 0.2) is 24.5 Å². The molecule has 1 amide bonds. The first kappa shape index (κ1) is 11.6. The summed E-state index contributed by atoms with van der Waals surface area (Å²) in [6.07, 6.45) is 5.43. The number of fused-ring (bicyclic) bond motifs is 1. The van der Waals surface area contributed by atoms with E-state index < -0.39 is 0 Å². The molecule has 0 aromatic carbocycles. The number of carbonyl (C=O) groups excluding carboxylic acids is 1. The minimum Gasteiger partial charge on any atom is -0.350 e. The summed E-state index contributed by atoms with van der Waals surface area (Å²) in [7, 11) is 0. The van der Waals surface area contributed by atoms with Crippen LogP contribution >= 0.6 is 0 Å². The minimum atomic E-state index is 0.0840. The van der Waals surface area contributed by atoms with Gasteiger partial charge in [0.25, 0.3) is 0 Å². The molecule has 0 unspecified atom stereocenters. The smallest absolute Gasteiger partial charge is 0.220 e. The van der Waals surface area contributed by atoms with E-state index in [4.69, 9.17) is 0 Å². The number of nitrogens with one attached hydrogen (secondary N) is 1. The van der Waals surface area contributed by atoms with E-state index in [1.54, 1.807) is 0 Å². The van der Waals surface area contributed by atoms with E-state index in [2.05, 4.69) is 10.3 Å².